The zero-order chi connectivity index (χ0) is 31.6. The Hall–Kier alpha value is -0.510. The van der Waals surface area contributed by atoms with Crippen LogP contribution in [-0.4, -0.2) is 0 Å². The average molecular weight is 624 g/mol. The highest BCUT2D eigenvalue weighted by molar-refractivity contribution is 4.90. The van der Waals surface area contributed by atoms with Gasteiger partial charge in [-0.05, 0) is 93.8 Å². The predicted molar refractivity (Wildman–Crippen MR) is 198 cm³/mol. The van der Waals surface area contributed by atoms with Gasteiger partial charge in [-0.3, -0.25) is 0 Å². The summed E-state index contributed by atoms with van der Waals surface area (Å²) >= 11 is 0. The Morgan fingerprint density at radius 3 is 0.667 bits per heavy atom. The smallest absolute Gasteiger partial charge is 0.0655 e. The molecule has 0 aromatic heterocycles. The lowest BCUT2D eigenvalue weighted by molar-refractivity contribution is 0.111. The van der Waals surface area contributed by atoms with Gasteiger partial charge in [0.2, 0.25) is 0 Å². The van der Waals surface area contributed by atoms with E-state index >= 15 is 0 Å². The van der Waals surface area contributed by atoms with Crippen LogP contribution in [0.4, 0.5) is 0 Å². The number of hydrogen-bond donors (Lipinski definition) is 0. The summed E-state index contributed by atoms with van der Waals surface area (Å²) in [6, 6.07) is 2.48. The third kappa shape index (κ3) is 18.6. The fourth-order valence-corrected chi connectivity index (χ4v) is 9.81. The van der Waals surface area contributed by atoms with E-state index in [4.69, 9.17) is 5.26 Å². The fraction of sp³-hybridized carbons (Fsp3) is 0.977. The van der Waals surface area contributed by atoms with Crippen LogP contribution in [0.1, 0.15) is 238 Å². The summed E-state index contributed by atoms with van der Waals surface area (Å²) in [6.45, 7) is 2.44. The SMILES string of the molecule is C1CCCCCCC1.C1CCCCCCC1.C1CCCCCCC1.CC1CCC(C2CCC(C3CCC(C#N)CC3)CC2)CC1. The van der Waals surface area contributed by atoms with E-state index < -0.39 is 0 Å². The van der Waals surface area contributed by atoms with Crippen molar-refractivity contribution < 1.29 is 0 Å². The molecule has 45 heavy (non-hydrogen) atoms. The van der Waals surface area contributed by atoms with Crippen molar-refractivity contribution in [3.05, 3.63) is 0 Å². The van der Waals surface area contributed by atoms with Gasteiger partial charge in [0.25, 0.3) is 0 Å². The Kier molecular flexibility index (Phi) is 22.9. The van der Waals surface area contributed by atoms with Gasteiger partial charge in [-0.2, -0.15) is 5.26 Å². The van der Waals surface area contributed by atoms with Gasteiger partial charge in [0.05, 0.1) is 6.07 Å². The molecule has 6 saturated carbocycles. The van der Waals surface area contributed by atoms with Crippen LogP contribution in [0.3, 0.4) is 0 Å². The van der Waals surface area contributed by atoms with Crippen LogP contribution in [0.5, 0.6) is 0 Å². The van der Waals surface area contributed by atoms with Crippen LogP contribution < -0.4 is 0 Å². The molecule has 6 rings (SSSR count). The molecule has 0 aliphatic heterocycles. The third-order valence-corrected chi connectivity index (χ3v) is 13.2. The zero-order valence-corrected chi connectivity index (χ0v) is 30.9. The summed E-state index contributed by atoms with van der Waals surface area (Å²) in [7, 11) is 0. The third-order valence-electron chi connectivity index (χ3n) is 13.2. The molecule has 0 N–H and O–H groups in total. The van der Waals surface area contributed by atoms with Gasteiger partial charge in [0.15, 0.2) is 0 Å². The monoisotopic (exact) mass is 624 g/mol. The maximum atomic E-state index is 9.04. The molecule has 6 aliphatic rings. The average Bonchev–Trinajstić information content (AvgIpc) is 3.02. The van der Waals surface area contributed by atoms with Crippen LogP contribution >= 0.6 is 0 Å². The lowest BCUT2D eigenvalue weighted by Gasteiger charge is -2.40. The normalized spacial score (nSPS) is 33.8. The van der Waals surface area contributed by atoms with E-state index in [0.717, 1.165) is 29.6 Å². The first-order valence-electron chi connectivity index (χ1n) is 21.7. The second-order valence-electron chi connectivity index (χ2n) is 16.9. The molecule has 0 saturated heterocycles. The first-order chi connectivity index (χ1) is 22.3. The first kappa shape index (κ1) is 38.9. The fourth-order valence-electron chi connectivity index (χ4n) is 9.81. The number of nitrogens with zero attached hydrogens (tertiary/aromatic N) is 1. The van der Waals surface area contributed by atoms with E-state index in [1.807, 2.05) is 0 Å². The van der Waals surface area contributed by atoms with Gasteiger partial charge in [-0.15, -0.1) is 0 Å². The van der Waals surface area contributed by atoms with Crippen LogP contribution in [-0.2, 0) is 0 Å². The van der Waals surface area contributed by atoms with Gasteiger partial charge in [-0.25, -0.2) is 0 Å². The molecule has 0 spiro atoms. The van der Waals surface area contributed by atoms with Crippen LogP contribution in [0.2, 0.25) is 0 Å². The second kappa shape index (κ2) is 26.4. The minimum absolute atomic E-state index is 0.377. The summed E-state index contributed by atoms with van der Waals surface area (Å²) in [5, 5.41) is 9.04. The lowest BCUT2D eigenvalue weighted by Crippen LogP contribution is -2.29. The van der Waals surface area contributed by atoms with Gasteiger partial charge < -0.3 is 0 Å². The van der Waals surface area contributed by atoms with Crippen LogP contribution in [0.25, 0.3) is 0 Å². The molecule has 0 atom stereocenters. The zero-order valence-electron chi connectivity index (χ0n) is 30.9. The molecule has 0 radical (unpaired) electrons. The molecular formula is C44H81N. The molecule has 0 aromatic carbocycles. The molecule has 6 fully saturated rings. The van der Waals surface area contributed by atoms with E-state index in [9.17, 15) is 0 Å². The quantitative estimate of drug-likeness (QED) is 0.300. The van der Waals surface area contributed by atoms with Crippen LogP contribution in [0.15, 0.2) is 0 Å². The highest BCUT2D eigenvalue weighted by Crippen LogP contribution is 2.45. The standard InChI is InChI=1S/C20H33N.3C8H16/c1-15-2-6-17(7-3-15)19-10-12-20(13-11-19)18-8-4-16(14-21)5-9-18;3*1-2-4-6-8-7-5-3-1/h15-20H,2-13H2,1H3;3*1-8H2. The Morgan fingerprint density at radius 2 is 0.467 bits per heavy atom. The van der Waals surface area contributed by atoms with Crippen molar-refractivity contribution in [1.29, 1.82) is 5.26 Å². The molecule has 1 heteroatoms. The summed E-state index contributed by atoms with van der Waals surface area (Å²) in [4.78, 5) is 0. The van der Waals surface area contributed by atoms with Gasteiger partial charge in [0.1, 0.15) is 0 Å². The predicted octanol–water partition coefficient (Wildman–Crippen LogP) is 15.3. The molecule has 0 unspecified atom stereocenters. The van der Waals surface area contributed by atoms with E-state index in [1.165, 1.54) is 231 Å². The maximum absolute atomic E-state index is 9.04. The van der Waals surface area contributed by atoms with Crippen LogP contribution in [0, 0.1) is 46.8 Å². The van der Waals surface area contributed by atoms with Crippen molar-refractivity contribution >= 4 is 0 Å². The van der Waals surface area contributed by atoms with Crippen molar-refractivity contribution in [2.75, 3.05) is 0 Å². The minimum Gasteiger partial charge on any atom is -0.198 e. The van der Waals surface area contributed by atoms with Crippen molar-refractivity contribution in [3.63, 3.8) is 0 Å². The number of nitriles is 1. The molecule has 0 bridgehead atoms. The highest BCUT2D eigenvalue weighted by Gasteiger charge is 2.34. The molecular weight excluding hydrogens is 542 g/mol. The summed E-state index contributed by atoms with van der Waals surface area (Å²) in [6.07, 6.45) is 53.1. The molecule has 6 aliphatic carbocycles. The second-order valence-corrected chi connectivity index (χ2v) is 16.9. The lowest BCUT2D eigenvalue weighted by atomic mass is 9.65. The topological polar surface area (TPSA) is 23.8 Å². The molecule has 262 valence electrons. The Labute approximate surface area is 284 Å². The van der Waals surface area contributed by atoms with Crippen molar-refractivity contribution in [2.45, 2.75) is 238 Å². The van der Waals surface area contributed by atoms with Gasteiger partial charge in [0, 0.05) is 5.92 Å². The maximum Gasteiger partial charge on any atom is 0.0655 e. The summed E-state index contributed by atoms with van der Waals surface area (Å²) in [5.74, 6) is 5.46. The van der Waals surface area contributed by atoms with E-state index in [1.54, 1.807) is 0 Å². The highest BCUT2D eigenvalue weighted by atomic mass is 14.4. The van der Waals surface area contributed by atoms with E-state index in [2.05, 4.69) is 13.0 Å². The van der Waals surface area contributed by atoms with Gasteiger partial charge in [-0.1, -0.05) is 174 Å². The minimum atomic E-state index is 0.377. The Balaban J connectivity index is 0.000000189. The Bertz CT molecular complexity index is 572. The molecule has 0 aromatic rings. The van der Waals surface area contributed by atoms with Gasteiger partial charge >= 0.3 is 0 Å². The van der Waals surface area contributed by atoms with Crippen molar-refractivity contribution in [2.24, 2.45) is 35.5 Å². The number of rotatable bonds is 2. The molecule has 0 amide bonds. The van der Waals surface area contributed by atoms with Crippen molar-refractivity contribution in [1.82, 2.24) is 0 Å². The number of hydrogen-bond acceptors (Lipinski definition) is 1. The largest absolute Gasteiger partial charge is 0.198 e. The first-order valence-corrected chi connectivity index (χ1v) is 21.7. The van der Waals surface area contributed by atoms with E-state index in [-0.39, 0.29) is 0 Å². The van der Waals surface area contributed by atoms with Crippen molar-refractivity contribution in [3.8, 4) is 6.07 Å². The molecule has 0 heterocycles. The Morgan fingerprint density at radius 1 is 0.289 bits per heavy atom. The molecule has 1 nitrogen and oxygen atoms in total. The summed E-state index contributed by atoms with van der Waals surface area (Å²) < 4.78 is 0. The summed E-state index contributed by atoms with van der Waals surface area (Å²) in [5.41, 5.74) is 0. The van der Waals surface area contributed by atoms with E-state index in [0.29, 0.717) is 5.92 Å².